The summed E-state index contributed by atoms with van der Waals surface area (Å²) in [6, 6.07) is 20.5. The zero-order chi connectivity index (χ0) is 22.7. The Morgan fingerprint density at radius 1 is 0.812 bits per heavy atom. The fraction of sp³-hybridized carbons (Fsp3) is 0. The molecule has 0 saturated heterocycles. The summed E-state index contributed by atoms with van der Waals surface area (Å²) in [5.74, 6) is -0.681. The summed E-state index contributed by atoms with van der Waals surface area (Å²) in [6.07, 6.45) is 0. The minimum absolute atomic E-state index is 0.0619. The number of carbonyl (C=O) groups is 2. The van der Waals surface area contributed by atoms with E-state index >= 15 is 0 Å². The predicted octanol–water partition coefficient (Wildman–Crippen LogP) is 6.12. The van der Waals surface area contributed by atoms with Crippen molar-refractivity contribution in [3.8, 4) is 0 Å². The molecule has 0 fully saturated rings. The Morgan fingerprint density at radius 2 is 1.56 bits per heavy atom. The smallest absolute Gasteiger partial charge is 0.291 e. The molecule has 32 heavy (non-hydrogen) atoms. The molecule has 0 radical (unpaired) electrons. The van der Waals surface area contributed by atoms with Gasteiger partial charge in [-0.25, -0.2) is 0 Å². The number of benzene rings is 3. The molecule has 3 aromatic carbocycles. The number of carbonyl (C=O) groups excluding carboxylic acids is 2. The fourth-order valence-corrected chi connectivity index (χ4v) is 3.55. The standard InChI is InChI=1S/C23H15Cl2N3O3S/c24-14-8-9-18(25)17(11-14)21(29)28-23(32)27-16-6-3-5-15(12-16)26-22(30)20-10-13-4-1-2-7-19(13)31-20/h1-12H,(H,26,30)(H2,27,28,29,32). The summed E-state index contributed by atoms with van der Waals surface area (Å²) in [6.45, 7) is 0. The fourth-order valence-electron chi connectivity index (χ4n) is 2.97. The van der Waals surface area contributed by atoms with Gasteiger partial charge in [-0.1, -0.05) is 47.5 Å². The summed E-state index contributed by atoms with van der Waals surface area (Å²) in [7, 11) is 0. The molecule has 1 aromatic heterocycles. The minimum atomic E-state index is -0.496. The van der Waals surface area contributed by atoms with Crippen LogP contribution in [-0.2, 0) is 0 Å². The minimum Gasteiger partial charge on any atom is -0.451 e. The molecule has 0 atom stereocenters. The van der Waals surface area contributed by atoms with Crippen molar-refractivity contribution in [3.05, 3.63) is 94.2 Å². The number of anilines is 2. The number of para-hydroxylation sites is 1. The van der Waals surface area contributed by atoms with Gasteiger partial charge in [-0.15, -0.1) is 0 Å². The first kappa shape index (κ1) is 21.8. The highest BCUT2D eigenvalue weighted by Gasteiger charge is 2.14. The zero-order valence-corrected chi connectivity index (χ0v) is 18.6. The van der Waals surface area contributed by atoms with Crippen LogP contribution < -0.4 is 16.0 Å². The van der Waals surface area contributed by atoms with Gasteiger partial charge in [-0.2, -0.15) is 0 Å². The van der Waals surface area contributed by atoms with Crippen LogP contribution in [0.25, 0.3) is 11.0 Å². The maximum Gasteiger partial charge on any atom is 0.291 e. The molecule has 0 unspecified atom stereocenters. The Bertz CT molecular complexity index is 1320. The second-order valence-electron chi connectivity index (χ2n) is 6.72. The Labute approximate surface area is 198 Å². The van der Waals surface area contributed by atoms with Gasteiger partial charge >= 0.3 is 0 Å². The monoisotopic (exact) mass is 483 g/mol. The third-order valence-electron chi connectivity index (χ3n) is 4.43. The van der Waals surface area contributed by atoms with Crippen LogP contribution in [0, 0.1) is 0 Å². The number of halogens is 2. The third kappa shape index (κ3) is 5.08. The number of fused-ring (bicyclic) bond motifs is 1. The first-order valence-corrected chi connectivity index (χ1v) is 10.5. The van der Waals surface area contributed by atoms with Crippen LogP contribution in [0.1, 0.15) is 20.9 Å². The van der Waals surface area contributed by atoms with Crippen LogP contribution in [0.15, 0.2) is 77.2 Å². The lowest BCUT2D eigenvalue weighted by Crippen LogP contribution is -2.34. The molecule has 0 aliphatic rings. The van der Waals surface area contributed by atoms with Crippen LogP contribution in [0.5, 0.6) is 0 Å². The molecule has 4 rings (SSSR count). The molecule has 0 aliphatic heterocycles. The summed E-state index contributed by atoms with van der Waals surface area (Å²) in [4.78, 5) is 25.0. The quantitative estimate of drug-likeness (QED) is 0.304. The van der Waals surface area contributed by atoms with Crippen LogP contribution >= 0.6 is 35.4 Å². The maximum atomic E-state index is 12.5. The van der Waals surface area contributed by atoms with Crippen LogP contribution in [-0.4, -0.2) is 16.9 Å². The Kier molecular flexibility index (Phi) is 6.41. The van der Waals surface area contributed by atoms with Crippen molar-refractivity contribution in [2.75, 3.05) is 10.6 Å². The molecule has 4 aromatic rings. The molecule has 160 valence electrons. The van der Waals surface area contributed by atoms with E-state index in [0.717, 1.165) is 5.39 Å². The Hall–Kier alpha value is -3.39. The van der Waals surface area contributed by atoms with Gasteiger partial charge < -0.3 is 15.1 Å². The molecule has 3 N–H and O–H groups in total. The molecule has 0 bridgehead atoms. The molecule has 9 heteroatoms. The number of amides is 2. The van der Waals surface area contributed by atoms with Gasteiger partial charge in [0.25, 0.3) is 11.8 Å². The van der Waals surface area contributed by atoms with E-state index in [1.807, 2.05) is 18.2 Å². The van der Waals surface area contributed by atoms with Crippen molar-refractivity contribution in [2.45, 2.75) is 0 Å². The summed E-state index contributed by atoms with van der Waals surface area (Å²) in [5.41, 5.74) is 1.92. The second kappa shape index (κ2) is 9.40. The van der Waals surface area contributed by atoms with Gasteiger partial charge in [0.1, 0.15) is 5.58 Å². The van der Waals surface area contributed by atoms with Crippen molar-refractivity contribution in [1.82, 2.24) is 5.32 Å². The molecule has 1 heterocycles. The van der Waals surface area contributed by atoms with E-state index in [1.54, 1.807) is 42.5 Å². The van der Waals surface area contributed by atoms with Crippen molar-refractivity contribution in [1.29, 1.82) is 0 Å². The molecular formula is C23H15Cl2N3O3S. The van der Waals surface area contributed by atoms with Crippen molar-refractivity contribution < 1.29 is 14.0 Å². The van der Waals surface area contributed by atoms with Gasteiger partial charge in [0.15, 0.2) is 10.9 Å². The number of hydrogen-bond acceptors (Lipinski definition) is 4. The number of nitrogens with one attached hydrogen (secondary N) is 3. The van der Waals surface area contributed by atoms with Gasteiger partial charge in [0.05, 0.1) is 10.6 Å². The molecule has 0 spiro atoms. The third-order valence-corrected chi connectivity index (χ3v) is 5.20. The molecule has 6 nitrogen and oxygen atoms in total. The summed E-state index contributed by atoms with van der Waals surface area (Å²) >= 11 is 17.2. The van der Waals surface area contributed by atoms with E-state index < -0.39 is 5.91 Å². The van der Waals surface area contributed by atoms with E-state index in [4.69, 9.17) is 39.8 Å². The second-order valence-corrected chi connectivity index (χ2v) is 7.97. The Morgan fingerprint density at radius 3 is 2.34 bits per heavy atom. The predicted molar refractivity (Wildman–Crippen MR) is 131 cm³/mol. The molecule has 0 aliphatic carbocycles. The van der Waals surface area contributed by atoms with Crippen molar-refractivity contribution in [2.24, 2.45) is 0 Å². The van der Waals surface area contributed by atoms with Crippen molar-refractivity contribution >= 4 is 74.7 Å². The first-order valence-electron chi connectivity index (χ1n) is 9.36. The normalized spacial score (nSPS) is 10.6. The van der Waals surface area contributed by atoms with Crippen LogP contribution in [0.2, 0.25) is 10.0 Å². The van der Waals surface area contributed by atoms with Crippen LogP contribution in [0.4, 0.5) is 11.4 Å². The van der Waals surface area contributed by atoms with E-state index in [9.17, 15) is 9.59 Å². The number of furan rings is 1. The van der Waals surface area contributed by atoms with E-state index in [-0.39, 0.29) is 27.4 Å². The molecule has 2 amide bonds. The molecular weight excluding hydrogens is 469 g/mol. The SMILES string of the molecule is O=C(Nc1cccc(NC(=S)NC(=O)c2cc(Cl)ccc2Cl)c1)c1cc2ccccc2o1. The number of hydrogen-bond donors (Lipinski definition) is 3. The lowest BCUT2D eigenvalue weighted by molar-refractivity contribution is 0.0975. The largest absolute Gasteiger partial charge is 0.451 e. The maximum absolute atomic E-state index is 12.5. The van der Waals surface area contributed by atoms with E-state index in [2.05, 4.69) is 16.0 Å². The van der Waals surface area contributed by atoms with Crippen LogP contribution in [0.3, 0.4) is 0 Å². The number of thiocarbonyl (C=S) groups is 1. The average molecular weight is 484 g/mol. The van der Waals surface area contributed by atoms with Gasteiger partial charge in [-0.05, 0) is 60.7 Å². The van der Waals surface area contributed by atoms with Gasteiger partial charge in [0.2, 0.25) is 0 Å². The van der Waals surface area contributed by atoms with Crippen molar-refractivity contribution in [3.63, 3.8) is 0 Å². The number of rotatable bonds is 4. The van der Waals surface area contributed by atoms with E-state index in [1.165, 1.54) is 12.1 Å². The Balaban J connectivity index is 1.41. The summed E-state index contributed by atoms with van der Waals surface area (Å²) < 4.78 is 5.58. The zero-order valence-electron chi connectivity index (χ0n) is 16.3. The lowest BCUT2D eigenvalue weighted by Gasteiger charge is -2.12. The summed E-state index contributed by atoms with van der Waals surface area (Å²) in [5, 5.41) is 9.77. The van der Waals surface area contributed by atoms with E-state index in [0.29, 0.717) is 22.0 Å². The van der Waals surface area contributed by atoms with Gasteiger partial charge in [-0.3, -0.25) is 14.9 Å². The lowest BCUT2D eigenvalue weighted by atomic mass is 10.2. The highest BCUT2D eigenvalue weighted by atomic mass is 35.5. The highest BCUT2D eigenvalue weighted by Crippen LogP contribution is 2.22. The molecule has 0 saturated carbocycles. The highest BCUT2D eigenvalue weighted by molar-refractivity contribution is 7.80. The van der Waals surface area contributed by atoms with Gasteiger partial charge in [0, 0.05) is 21.8 Å². The topological polar surface area (TPSA) is 83.4 Å². The first-order chi connectivity index (χ1) is 15.4. The average Bonchev–Trinajstić information content (AvgIpc) is 3.20.